The van der Waals surface area contributed by atoms with Crippen molar-refractivity contribution >= 4 is 45.2 Å². The van der Waals surface area contributed by atoms with Crippen molar-refractivity contribution < 1.29 is 42.5 Å². The zero-order chi connectivity index (χ0) is 27.4. The zero-order valence-corrected chi connectivity index (χ0v) is 20.1. The highest BCUT2D eigenvalue weighted by molar-refractivity contribution is 8.45. The fourth-order valence-electron chi connectivity index (χ4n) is 3.60. The smallest absolute Gasteiger partial charge is 0.389 e. The Bertz CT molecular complexity index is 1250. The van der Waals surface area contributed by atoms with E-state index in [2.05, 4.69) is 10.4 Å². The molecule has 2 aromatic rings. The van der Waals surface area contributed by atoms with Gasteiger partial charge >= 0.3 is 22.4 Å². The summed E-state index contributed by atoms with van der Waals surface area (Å²) in [5.74, 6) is -1.60. The van der Waals surface area contributed by atoms with Gasteiger partial charge in [0.15, 0.2) is 5.69 Å². The molecule has 1 saturated carbocycles. The standard InChI is InChI=1S/C19H16Cl2F8N4O2S/c20-11-7-10(36(25,26,27,28)29)8-12(21)15(11)33-16(31-6-2-1-3-19(22,23)24)14(13(9-30)32-33)18(4-5-18)17(34)35/h7-8,31H,1-6H2,(H,34,35). The van der Waals surface area contributed by atoms with E-state index in [1.807, 2.05) is 0 Å². The van der Waals surface area contributed by atoms with Gasteiger partial charge in [0, 0.05) is 13.0 Å². The van der Waals surface area contributed by atoms with Crippen LogP contribution in [0.3, 0.4) is 0 Å². The van der Waals surface area contributed by atoms with Crippen LogP contribution in [0.2, 0.25) is 10.0 Å². The first-order valence-electron chi connectivity index (χ1n) is 10.0. The molecule has 1 fully saturated rings. The summed E-state index contributed by atoms with van der Waals surface area (Å²) in [6.07, 6.45) is -5.76. The molecule has 0 unspecified atom stereocenters. The van der Waals surface area contributed by atoms with E-state index in [1.165, 1.54) is 0 Å². The number of hydrogen-bond acceptors (Lipinski definition) is 4. The summed E-state index contributed by atoms with van der Waals surface area (Å²) in [5.41, 5.74) is -2.79. The van der Waals surface area contributed by atoms with Gasteiger partial charge in [0.2, 0.25) is 0 Å². The van der Waals surface area contributed by atoms with E-state index in [9.17, 15) is 47.8 Å². The van der Waals surface area contributed by atoms with Crippen molar-refractivity contribution in [2.45, 2.75) is 48.6 Å². The van der Waals surface area contributed by atoms with Crippen LogP contribution in [0.4, 0.5) is 38.4 Å². The Morgan fingerprint density at radius 1 is 1.17 bits per heavy atom. The Morgan fingerprint density at radius 2 is 1.72 bits per heavy atom. The Morgan fingerprint density at radius 3 is 2.14 bits per heavy atom. The van der Waals surface area contributed by atoms with Crippen LogP contribution in [0.15, 0.2) is 17.0 Å². The van der Waals surface area contributed by atoms with E-state index in [4.69, 9.17) is 23.2 Å². The fourth-order valence-corrected chi connectivity index (χ4v) is 5.05. The number of carboxylic acids is 1. The normalized spacial score (nSPS) is 17.1. The second-order valence-corrected chi connectivity index (χ2v) is 11.4. The quantitative estimate of drug-likeness (QED) is 0.230. The van der Waals surface area contributed by atoms with Gasteiger partial charge in [-0.25, -0.2) is 4.68 Å². The maximum atomic E-state index is 13.3. The summed E-state index contributed by atoms with van der Waals surface area (Å²) < 4.78 is 104. The third-order valence-electron chi connectivity index (χ3n) is 5.46. The van der Waals surface area contributed by atoms with Gasteiger partial charge in [0.1, 0.15) is 22.5 Å². The van der Waals surface area contributed by atoms with Gasteiger partial charge in [-0.2, -0.15) is 23.5 Å². The summed E-state index contributed by atoms with van der Waals surface area (Å²) in [4.78, 5) is 9.56. The van der Waals surface area contributed by atoms with Gasteiger partial charge in [-0.15, -0.1) is 0 Å². The summed E-state index contributed by atoms with van der Waals surface area (Å²) in [5, 5.41) is 24.0. The molecule has 1 aliphatic rings. The first-order chi connectivity index (χ1) is 16.2. The molecule has 0 saturated heterocycles. The lowest BCUT2D eigenvalue weighted by Crippen LogP contribution is -2.22. The van der Waals surface area contributed by atoms with Crippen molar-refractivity contribution in [2.24, 2.45) is 0 Å². The minimum Gasteiger partial charge on any atom is -0.481 e. The minimum absolute atomic E-state index is 0.0656. The van der Waals surface area contributed by atoms with Crippen molar-refractivity contribution in [3.63, 3.8) is 0 Å². The first kappa shape index (κ1) is 28.1. The highest BCUT2D eigenvalue weighted by atomic mass is 35.5. The van der Waals surface area contributed by atoms with Crippen molar-refractivity contribution in [2.75, 3.05) is 11.9 Å². The van der Waals surface area contributed by atoms with Crippen LogP contribution in [0, 0.1) is 11.3 Å². The number of benzene rings is 1. The average molecular weight is 587 g/mol. The molecule has 0 radical (unpaired) electrons. The number of nitrogens with zero attached hydrogens (tertiary/aromatic N) is 3. The van der Waals surface area contributed by atoms with Gasteiger partial charge in [-0.3, -0.25) is 4.79 Å². The first-order valence-corrected chi connectivity index (χ1v) is 12.7. The summed E-state index contributed by atoms with van der Waals surface area (Å²) in [6.45, 7) is -0.186. The number of anilines is 1. The maximum Gasteiger partial charge on any atom is 0.389 e. The van der Waals surface area contributed by atoms with Crippen molar-refractivity contribution in [3.8, 4) is 11.8 Å². The monoisotopic (exact) mass is 586 g/mol. The number of aliphatic carboxylic acids is 1. The van der Waals surface area contributed by atoms with E-state index in [1.54, 1.807) is 6.07 Å². The molecule has 36 heavy (non-hydrogen) atoms. The number of alkyl halides is 3. The SMILES string of the molecule is N#Cc1nn(-c2c(Cl)cc(S(F)(F)(F)(F)F)cc2Cl)c(NCCCCC(F)(F)F)c1C1(C(=O)O)CC1. The zero-order valence-electron chi connectivity index (χ0n) is 17.8. The van der Waals surface area contributed by atoms with E-state index in [-0.39, 0.29) is 55.7 Å². The van der Waals surface area contributed by atoms with Crippen LogP contribution in [0.1, 0.15) is 43.4 Å². The molecule has 0 bridgehead atoms. The third kappa shape index (κ3) is 5.76. The number of halogens is 10. The number of carboxylic acid groups (broad SMARTS) is 1. The second-order valence-electron chi connectivity index (χ2n) is 8.19. The molecule has 1 aliphatic carbocycles. The summed E-state index contributed by atoms with van der Waals surface area (Å²) in [7, 11) is -10.2. The third-order valence-corrected chi connectivity index (χ3v) is 7.16. The predicted molar refractivity (Wildman–Crippen MR) is 117 cm³/mol. The highest BCUT2D eigenvalue weighted by Crippen LogP contribution is 3.02. The molecule has 2 N–H and O–H groups in total. The van der Waals surface area contributed by atoms with Gasteiger partial charge in [0.25, 0.3) is 0 Å². The van der Waals surface area contributed by atoms with E-state index in [0.29, 0.717) is 4.68 Å². The topological polar surface area (TPSA) is 90.9 Å². The molecule has 200 valence electrons. The number of carbonyl (C=O) groups is 1. The highest BCUT2D eigenvalue weighted by Gasteiger charge is 2.65. The van der Waals surface area contributed by atoms with E-state index < -0.39 is 60.5 Å². The molecule has 6 nitrogen and oxygen atoms in total. The van der Waals surface area contributed by atoms with Crippen LogP contribution in [0.25, 0.3) is 5.69 Å². The van der Waals surface area contributed by atoms with Crippen molar-refractivity contribution in [1.82, 2.24) is 9.78 Å². The molecular weight excluding hydrogens is 571 g/mol. The van der Waals surface area contributed by atoms with Crippen molar-refractivity contribution in [3.05, 3.63) is 33.4 Å². The molecule has 0 amide bonds. The van der Waals surface area contributed by atoms with Crippen LogP contribution in [0.5, 0.6) is 0 Å². The number of nitrogens with one attached hydrogen (secondary N) is 1. The van der Waals surface area contributed by atoms with Gasteiger partial charge < -0.3 is 10.4 Å². The molecule has 1 aromatic carbocycles. The summed E-state index contributed by atoms with van der Waals surface area (Å²) >= 11 is 11.8. The lowest BCUT2D eigenvalue weighted by atomic mass is 9.95. The lowest BCUT2D eigenvalue weighted by molar-refractivity contribution is -0.140. The molecule has 3 rings (SSSR count). The Labute approximate surface area is 208 Å². The van der Waals surface area contributed by atoms with Gasteiger partial charge in [0.05, 0.1) is 21.0 Å². The van der Waals surface area contributed by atoms with Crippen LogP contribution < -0.4 is 5.32 Å². The van der Waals surface area contributed by atoms with Crippen LogP contribution in [-0.4, -0.2) is 33.6 Å². The lowest BCUT2D eigenvalue weighted by Gasteiger charge is -2.40. The number of hydrogen-bond donors (Lipinski definition) is 2. The molecule has 1 heterocycles. The minimum atomic E-state index is -10.2. The fraction of sp³-hybridized carbons (Fsp3) is 0.421. The number of aromatic nitrogens is 2. The Hall–Kier alpha value is -2.44. The maximum absolute atomic E-state index is 13.3. The van der Waals surface area contributed by atoms with E-state index >= 15 is 0 Å². The van der Waals surface area contributed by atoms with E-state index in [0.717, 1.165) is 0 Å². The van der Waals surface area contributed by atoms with Crippen molar-refractivity contribution in [1.29, 1.82) is 5.26 Å². The molecule has 0 atom stereocenters. The van der Waals surface area contributed by atoms with Crippen LogP contribution >= 0.6 is 33.4 Å². The second kappa shape index (κ2) is 8.29. The molecule has 0 spiro atoms. The molecule has 17 heteroatoms. The molecule has 1 aromatic heterocycles. The van der Waals surface area contributed by atoms with Gasteiger partial charge in [-0.1, -0.05) is 42.6 Å². The Balaban J connectivity index is 2.14. The number of nitriles is 1. The van der Waals surface area contributed by atoms with Crippen LogP contribution in [-0.2, 0) is 10.2 Å². The summed E-state index contributed by atoms with van der Waals surface area (Å²) in [6, 6.07) is 1.52. The Kier molecular flexibility index (Phi) is 6.48. The number of unbranched alkanes of at least 4 members (excludes halogenated alkanes) is 1. The molecule has 0 aliphatic heterocycles. The van der Waals surface area contributed by atoms with Gasteiger partial charge in [-0.05, 0) is 37.8 Å². The largest absolute Gasteiger partial charge is 0.481 e. The predicted octanol–water partition coefficient (Wildman–Crippen LogP) is 7.97. The average Bonchev–Trinajstić information content (AvgIpc) is 3.42. The molecular formula is C19H16Cl2F8N4O2S. The number of rotatable bonds is 9.